The number of hydrogen-bond donors (Lipinski definition) is 2. The molecular weight excluding hydrogens is 206 g/mol. The first-order chi connectivity index (χ1) is 7.04. The van der Waals surface area contributed by atoms with Gasteiger partial charge in [-0.25, -0.2) is 4.79 Å². The number of hydrogen-bond acceptors (Lipinski definition) is 6. The first kappa shape index (κ1) is 11.2. The van der Waals surface area contributed by atoms with Crippen molar-refractivity contribution in [1.29, 1.82) is 0 Å². The van der Waals surface area contributed by atoms with E-state index in [1.807, 2.05) is 0 Å². The van der Waals surface area contributed by atoms with Crippen molar-refractivity contribution in [3.05, 3.63) is 10.9 Å². The van der Waals surface area contributed by atoms with Gasteiger partial charge in [-0.05, 0) is 18.8 Å². The lowest BCUT2D eigenvalue weighted by Gasteiger charge is -2.06. The van der Waals surface area contributed by atoms with Crippen molar-refractivity contribution in [2.24, 2.45) is 0 Å². The van der Waals surface area contributed by atoms with Crippen molar-refractivity contribution >= 4 is 6.09 Å². The lowest BCUT2D eigenvalue weighted by Crippen LogP contribution is -2.36. The highest BCUT2D eigenvalue weighted by atomic mass is 16.8. The minimum absolute atomic E-state index is 0.0918. The van der Waals surface area contributed by atoms with Crippen molar-refractivity contribution in [3.63, 3.8) is 0 Å². The molecule has 0 saturated heterocycles. The normalized spacial score (nSPS) is 10.4. The first-order valence-corrected chi connectivity index (χ1v) is 4.22. The van der Waals surface area contributed by atoms with E-state index in [-0.39, 0.29) is 16.6 Å². The lowest BCUT2D eigenvalue weighted by molar-refractivity contribution is -0.804. The maximum Gasteiger partial charge on any atom is 0.415 e. The van der Waals surface area contributed by atoms with Gasteiger partial charge in [-0.1, -0.05) is 0 Å². The molecule has 0 saturated carbocycles. The Morgan fingerprint density at radius 1 is 1.80 bits per heavy atom. The summed E-state index contributed by atoms with van der Waals surface area (Å²) in [6, 6.07) is -0.130. The molecule has 8 heteroatoms. The Balaban J connectivity index is 2.71. The fraction of sp³-hybridized carbons (Fsp3) is 0.571. The molecule has 1 rings (SSSR count). The fourth-order valence-corrected chi connectivity index (χ4v) is 0.814. The topological polar surface area (TPSA) is 112 Å². The van der Waals surface area contributed by atoms with Gasteiger partial charge in [-0.15, -0.1) is 0 Å². The second-order valence-corrected chi connectivity index (χ2v) is 3.03. The quantitative estimate of drug-likeness (QED) is 0.647. The van der Waals surface area contributed by atoms with Crippen molar-refractivity contribution in [1.82, 2.24) is 10.5 Å². The smallest absolute Gasteiger partial charge is 0.387 e. The van der Waals surface area contributed by atoms with E-state index in [9.17, 15) is 10.0 Å². The van der Waals surface area contributed by atoms with Crippen LogP contribution in [0.25, 0.3) is 0 Å². The molecule has 1 amide bonds. The molecule has 0 fully saturated rings. The van der Waals surface area contributed by atoms with E-state index in [0.29, 0.717) is 0 Å². The summed E-state index contributed by atoms with van der Waals surface area (Å²) >= 11 is 0. The Bertz CT molecular complexity index is 348. The van der Waals surface area contributed by atoms with Gasteiger partial charge in [-0.2, -0.15) is 0 Å². The highest BCUT2D eigenvalue weighted by molar-refractivity contribution is 5.69. The van der Waals surface area contributed by atoms with Crippen LogP contribution >= 0.6 is 0 Å². The average Bonchev–Trinajstić information content (AvgIpc) is 2.46. The van der Waals surface area contributed by atoms with Crippen LogP contribution in [0.1, 0.15) is 19.5 Å². The summed E-state index contributed by atoms with van der Waals surface area (Å²) < 4.78 is 8.74. The Morgan fingerprint density at radius 2 is 2.47 bits per heavy atom. The van der Waals surface area contributed by atoms with E-state index < -0.39 is 18.6 Å². The number of amides is 1. The van der Waals surface area contributed by atoms with Crippen LogP contribution in [-0.2, 0) is 6.61 Å². The Hall–Kier alpha value is -1.83. The average molecular weight is 217 g/mol. The predicted molar refractivity (Wildman–Crippen MR) is 45.7 cm³/mol. The number of aliphatic hydroxyl groups is 1. The largest absolute Gasteiger partial charge is 0.415 e. The molecule has 0 aromatic carbocycles. The van der Waals surface area contributed by atoms with Crippen LogP contribution in [0.3, 0.4) is 0 Å². The monoisotopic (exact) mass is 217 g/mol. The van der Waals surface area contributed by atoms with Crippen molar-refractivity contribution in [3.8, 4) is 5.88 Å². The molecule has 0 spiro atoms. The Morgan fingerprint density at radius 3 is 3.00 bits per heavy atom. The molecule has 0 unspecified atom stereocenters. The van der Waals surface area contributed by atoms with E-state index in [4.69, 9.17) is 5.11 Å². The number of carbonyl (C=O) groups excluding carboxylic acids is 1. The zero-order valence-corrected chi connectivity index (χ0v) is 8.26. The second-order valence-electron chi connectivity index (χ2n) is 3.03. The zero-order valence-electron chi connectivity index (χ0n) is 8.26. The first-order valence-electron chi connectivity index (χ1n) is 4.22. The maximum atomic E-state index is 11.1. The number of rotatable bonds is 3. The van der Waals surface area contributed by atoms with Crippen LogP contribution < -0.4 is 15.0 Å². The van der Waals surface area contributed by atoms with Crippen LogP contribution in [0.5, 0.6) is 5.88 Å². The maximum absolute atomic E-state index is 11.1. The SMILES string of the molecule is CC(C)NC(=O)Oc1c(CO)no[n+]1[O-]. The van der Waals surface area contributed by atoms with E-state index in [2.05, 4.69) is 19.8 Å². The number of aromatic nitrogens is 2. The van der Waals surface area contributed by atoms with Gasteiger partial charge >= 0.3 is 12.0 Å². The molecule has 1 heterocycles. The number of ether oxygens (including phenoxy) is 1. The van der Waals surface area contributed by atoms with Gasteiger partial charge in [0, 0.05) is 11.2 Å². The van der Waals surface area contributed by atoms with Gasteiger partial charge in [0.1, 0.15) is 6.61 Å². The molecule has 0 aliphatic heterocycles. The molecule has 8 nitrogen and oxygen atoms in total. The summed E-state index contributed by atoms with van der Waals surface area (Å²) in [7, 11) is 0. The van der Waals surface area contributed by atoms with Crippen LogP contribution in [0, 0.1) is 5.21 Å². The number of nitrogens with one attached hydrogen (secondary N) is 1. The summed E-state index contributed by atoms with van der Waals surface area (Å²) in [4.78, 5) is 11.0. The van der Waals surface area contributed by atoms with Gasteiger partial charge < -0.3 is 20.4 Å². The minimum Gasteiger partial charge on any atom is -0.387 e. The van der Waals surface area contributed by atoms with Crippen LogP contribution in [0.2, 0.25) is 0 Å². The zero-order chi connectivity index (χ0) is 11.4. The number of aliphatic hydroxyl groups excluding tert-OH is 1. The van der Waals surface area contributed by atoms with E-state index >= 15 is 0 Å². The molecule has 1 aromatic rings. The molecule has 0 aliphatic rings. The minimum atomic E-state index is -0.813. The third-order valence-corrected chi connectivity index (χ3v) is 1.38. The molecule has 0 radical (unpaired) electrons. The van der Waals surface area contributed by atoms with Crippen molar-refractivity contribution in [2.75, 3.05) is 0 Å². The molecule has 1 aromatic heterocycles. The van der Waals surface area contributed by atoms with Crippen LogP contribution in [-0.4, -0.2) is 22.4 Å². The third-order valence-electron chi connectivity index (χ3n) is 1.38. The molecule has 0 atom stereocenters. The predicted octanol–water partition coefficient (Wildman–Crippen LogP) is -0.703. The molecule has 84 valence electrons. The summed E-state index contributed by atoms with van der Waals surface area (Å²) in [5.74, 6) is -0.462. The van der Waals surface area contributed by atoms with E-state index in [0.717, 1.165) is 0 Å². The Labute approximate surface area is 85.0 Å². The van der Waals surface area contributed by atoms with Crippen LogP contribution in [0.4, 0.5) is 4.79 Å². The lowest BCUT2D eigenvalue weighted by atomic mass is 10.4. The van der Waals surface area contributed by atoms with Gasteiger partial charge in [-0.3, -0.25) is 4.63 Å². The highest BCUT2D eigenvalue weighted by Crippen LogP contribution is 2.09. The second kappa shape index (κ2) is 4.60. The van der Waals surface area contributed by atoms with Gasteiger partial charge in [0.15, 0.2) is 0 Å². The molecule has 2 N–H and O–H groups in total. The van der Waals surface area contributed by atoms with E-state index in [1.54, 1.807) is 13.8 Å². The third kappa shape index (κ3) is 2.81. The molecule has 0 bridgehead atoms. The van der Waals surface area contributed by atoms with E-state index in [1.165, 1.54) is 0 Å². The van der Waals surface area contributed by atoms with Gasteiger partial charge in [0.2, 0.25) is 0 Å². The van der Waals surface area contributed by atoms with Gasteiger partial charge in [0.05, 0.1) is 0 Å². The van der Waals surface area contributed by atoms with Crippen LogP contribution in [0.15, 0.2) is 4.63 Å². The summed E-state index contributed by atoms with van der Waals surface area (Å²) in [5.41, 5.74) is -0.135. The molecule has 0 aliphatic carbocycles. The summed E-state index contributed by atoms with van der Waals surface area (Å²) in [6.07, 6.45) is -0.813. The van der Waals surface area contributed by atoms with Crippen molar-refractivity contribution in [2.45, 2.75) is 26.5 Å². The Kier molecular flexibility index (Phi) is 3.45. The summed E-state index contributed by atoms with van der Waals surface area (Å²) in [6.45, 7) is 2.91. The summed E-state index contributed by atoms with van der Waals surface area (Å²) in [5, 5.41) is 25.2. The number of carbonyl (C=O) groups is 1. The van der Waals surface area contributed by atoms with Crippen molar-refractivity contribution < 1.29 is 24.2 Å². The van der Waals surface area contributed by atoms with Gasteiger partial charge in [0.25, 0.3) is 5.69 Å². The molecular formula is C7H11N3O5. The highest BCUT2D eigenvalue weighted by Gasteiger charge is 2.23. The fourth-order valence-electron chi connectivity index (χ4n) is 0.814. The number of nitrogens with zero attached hydrogens (tertiary/aromatic N) is 2. The molecule has 15 heavy (non-hydrogen) atoms. The standard InChI is InChI=1S/C7H11N3O5/c1-4(2)8-7(12)14-6-5(3-11)9-15-10(6)13/h4,11H,3H2,1-2H3,(H,8,12).